The van der Waals surface area contributed by atoms with Gasteiger partial charge in [-0.15, -0.1) is 11.3 Å². The van der Waals surface area contributed by atoms with E-state index in [4.69, 9.17) is 0 Å². The molecular formula is C28H32FN3O2S. The molecule has 4 rings (SSSR count). The van der Waals surface area contributed by atoms with Crippen LogP contribution in [0.15, 0.2) is 66.0 Å². The van der Waals surface area contributed by atoms with Crippen LogP contribution in [0.5, 0.6) is 0 Å². The molecule has 1 aliphatic heterocycles. The van der Waals surface area contributed by atoms with Crippen LogP contribution in [-0.2, 0) is 17.6 Å². The Hall–Kier alpha value is -3.03. The Morgan fingerprint density at radius 1 is 1.03 bits per heavy atom. The molecule has 1 unspecified atom stereocenters. The number of rotatable bonds is 10. The summed E-state index contributed by atoms with van der Waals surface area (Å²) in [7, 11) is 0. The van der Waals surface area contributed by atoms with Gasteiger partial charge in [0.05, 0.1) is 10.9 Å². The van der Waals surface area contributed by atoms with Gasteiger partial charge in [-0.1, -0.05) is 43.3 Å². The first-order valence-electron chi connectivity index (χ1n) is 12.2. The van der Waals surface area contributed by atoms with Crippen LogP contribution in [0.2, 0.25) is 0 Å². The minimum Gasteiger partial charge on any atom is -0.369 e. The van der Waals surface area contributed by atoms with Crippen LogP contribution in [0.3, 0.4) is 0 Å². The van der Waals surface area contributed by atoms with Crippen molar-refractivity contribution in [2.24, 2.45) is 0 Å². The summed E-state index contributed by atoms with van der Waals surface area (Å²) in [6.45, 7) is 6.84. The molecular weight excluding hydrogens is 461 g/mol. The van der Waals surface area contributed by atoms with Crippen molar-refractivity contribution >= 4 is 28.7 Å². The highest BCUT2D eigenvalue weighted by molar-refractivity contribution is 7.12. The summed E-state index contributed by atoms with van der Waals surface area (Å²) in [5.41, 5.74) is 2.53. The van der Waals surface area contributed by atoms with E-state index in [0.717, 1.165) is 50.4 Å². The van der Waals surface area contributed by atoms with Gasteiger partial charge in [0.2, 0.25) is 0 Å². The number of anilines is 1. The summed E-state index contributed by atoms with van der Waals surface area (Å²) in [5.74, 6) is -0.751. The minimum absolute atomic E-state index is 0.0600. The first-order chi connectivity index (χ1) is 17.0. The molecule has 7 heteroatoms. The van der Waals surface area contributed by atoms with Crippen molar-refractivity contribution in [3.8, 4) is 0 Å². The molecule has 1 atom stereocenters. The molecule has 3 aromatic rings. The fourth-order valence-electron chi connectivity index (χ4n) is 4.58. The minimum atomic E-state index is -0.704. The largest absolute Gasteiger partial charge is 0.369 e. The number of carbonyl (C=O) groups excluding carboxylic acids is 2. The van der Waals surface area contributed by atoms with Crippen molar-refractivity contribution in [2.75, 3.05) is 37.6 Å². The highest BCUT2D eigenvalue weighted by atomic mass is 32.1. The van der Waals surface area contributed by atoms with E-state index in [9.17, 15) is 14.0 Å². The van der Waals surface area contributed by atoms with Crippen molar-refractivity contribution in [3.63, 3.8) is 0 Å². The summed E-state index contributed by atoms with van der Waals surface area (Å²) in [4.78, 5) is 31.6. The Bertz CT molecular complexity index is 1110. The highest BCUT2D eigenvalue weighted by Gasteiger charge is 2.25. The van der Waals surface area contributed by atoms with Crippen molar-refractivity contribution in [1.82, 2.24) is 10.2 Å². The number of nitrogens with zero attached hydrogens (tertiary/aromatic N) is 2. The molecule has 1 N–H and O–H groups in total. The maximum atomic E-state index is 14.3. The summed E-state index contributed by atoms with van der Waals surface area (Å²) in [6, 6.07) is 17.2. The number of carbonyl (C=O) groups is 2. The van der Waals surface area contributed by atoms with E-state index < -0.39 is 6.04 Å². The standard InChI is InChI=1S/C28H32FN3O2S/c1-2-12-31-13-15-32(16-14-31)25-11-10-23(29)19-22(25)20-26(33)24(18-21-7-4-3-5-8-21)30-28(34)27-9-6-17-35-27/h3-11,17,19,24H,2,12-16,18,20H2,1H3,(H,30,34). The highest BCUT2D eigenvalue weighted by Crippen LogP contribution is 2.25. The second-order valence-corrected chi connectivity index (χ2v) is 9.89. The Morgan fingerprint density at radius 3 is 2.49 bits per heavy atom. The third-order valence-corrected chi connectivity index (χ3v) is 7.25. The molecule has 2 heterocycles. The van der Waals surface area contributed by atoms with Crippen LogP contribution in [0, 0.1) is 5.82 Å². The number of benzene rings is 2. The average molecular weight is 494 g/mol. The van der Waals surface area contributed by atoms with Gasteiger partial charge in [0.1, 0.15) is 5.82 Å². The summed E-state index contributed by atoms with van der Waals surface area (Å²) in [6.07, 6.45) is 1.57. The molecule has 0 spiro atoms. The van der Waals surface area contributed by atoms with Crippen molar-refractivity contribution < 1.29 is 14.0 Å². The molecule has 184 valence electrons. The second kappa shape index (κ2) is 12.1. The maximum Gasteiger partial charge on any atom is 0.261 e. The Balaban J connectivity index is 1.52. The van der Waals surface area contributed by atoms with E-state index >= 15 is 0 Å². The molecule has 2 aromatic carbocycles. The lowest BCUT2D eigenvalue weighted by molar-refractivity contribution is -0.120. The Labute approximate surface area is 210 Å². The van der Waals surface area contributed by atoms with E-state index in [2.05, 4.69) is 22.0 Å². The normalized spacial score (nSPS) is 15.1. The van der Waals surface area contributed by atoms with E-state index in [-0.39, 0.29) is 23.9 Å². The topological polar surface area (TPSA) is 52.6 Å². The smallest absolute Gasteiger partial charge is 0.261 e. The number of nitrogens with one attached hydrogen (secondary N) is 1. The van der Waals surface area contributed by atoms with E-state index in [1.165, 1.54) is 23.5 Å². The third kappa shape index (κ3) is 6.77. The first kappa shape index (κ1) is 25.1. The zero-order valence-electron chi connectivity index (χ0n) is 20.1. The molecule has 0 saturated carbocycles. The zero-order chi connectivity index (χ0) is 24.6. The average Bonchev–Trinajstić information content (AvgIpc) is 3.41. The molecule has 35 heavy (non-hydrogen) atoms. The van der Waals surface area contributed by atoms with Gasteiger partial charge in [0, 0.05) is 38.3 Å². The molecule has 5 nitrogen and oxygen atoms in total. The van der Waals surface area contributed by atoms with Gasteiger partial charge in [-0.3, -0.25) is 14.5 Å². The van der Waals surface area contributed by atoms with Gasteiger partial charge >= 0.3 is 0 Å². The number of ketones is 1. The summed E-state index contributed by atoms with van der Waals surface area (Å²) >= 11 is 1.34. The van der Waals surface area contributed by atoms with Gasteiger partial charge < -0.3 is 10.2 Å². The molecule has 1 amide bonds. The van der Waals surface area contributed by atoms with Gasteiger partial charge in [-0.25, -0.2) is 4.39 Å². The quantitative estimate of drug-likeness (QED) is 0.450. The maximum absolute atomic E-state index is 14.3. The number of thiophene rings is 1. The molecule has 1 saturated heterocycles. The van der Waals surface area contributed by atoms with E-state index in [1.54, 1.807) is 12.1 Å². The van der Waals surface area contributed by atoms with Crippen molar-refractivity contribution in [2.45, 2.75) is 32.2 Å². The van der Waals surface area contributed by atoms with Gasteiger partial charge in [0.25, 0.3) is 5.91 Å². The lowest BCUT2D eigenvalue weighted by Gasteiger charge is -2.37. The van der Waals surface area contributed by atoms with Crippen LogP contribution in [0.1, 0.15) is 34.1 Å². The lowest BCUT2D eigenvalue weighted by Crippen LogP contribution is -2.47. The Kier molecular flexibility index (Phi) is 8.66. The monoisotopic (exact) mass is 493 g/mol. The predicted molar refractivity (Wildman–Crippen MR) is 140 cm³/mol. The number of piperazine rings is 1. The van der Waals surface area contributed by atoms with Crippen LogP contribution in [-0.4, -0.2) is 55.4 Å². The van der Waals surface area contributed by atoms with Crippen LogP contribution in [0.4, 0.5) is 10.1 Å². The van der Waals surface area contributed by atoms with Crippen molar-refractivity contribution in [3.05, 3.63) is 87.9 Å². The van der Waals surface area contributed by atoms with Crippen LogP contribution in [0.25, 0.3) is 0 Å². The number of amides is 1. The van der Waals surface area contributed by atoms with Gasteiger partial charge in [0.15, 0.2) is 5.78 Å². The predicted octanol–water partition coefficient (Wildman–Crippen LogP) is 4.57. The fraction of sp³-hybridized carbons (Fsp3) is 0.357. The van der Waals surface area contributed by atoms with Gasteiger partial charge in [-0.05, 0) is 60.2 Å². The Morgan fingerprint density at radius 2 is 1.80 bits per heavy atom. The van der Waals surface area contributed by atoms with Crippen molar-refractivity contribution in [1.29, 1.82) is 0 Å². The fourth-order valence-corrected chi connectivity index (χ4v) is 5.20. The van der Waals surface area contributed by atoms with Crippen LogP contribution < -0.4 is 10.2 Å². The molecule has 0 radical (unpaired) electrons. The second-order valence-electron chi connectivity index (χ2n) is 8.94. The molecule has 1 aromatic heterocycles. The van der Waals surface area contributed by atoms with E-state index in [1.807, 2.05) is 41.8 Å². The third-order valence-electron chi connectivity index (χ3n) is 6.38. The van der Waals surface area contributed by atoms with Gasteiger partial charge in [-0.2, -0.15) is 0 Å². The SMILES string of the molecule is CCCN1CCN(c2ccc(F)cc2CC(=O)C(Cc2ccccc2)NC(=O)c2cccs2)CC1. The molecule has 1 aliphatic rings. The molecule has 1 fully saturated rings. The lowest BCUT2D eigenvalue weighted by atomic mass is 9.96. The van der Waals surface area contributed by atoms with E-state index in [0.29, 0.717) is 16.9 Å². The summed E-state index contributed by atoms with van der Waals surface area (Å²) in [5, 5.41) is 4.76. The number of Topliss-reactive ketones (excluding diaryl/α,β-unsaturated/α-hetero) is 1. The first-order valence-corrected chi connectivity index (χ1v) is 13.1. The zero-order valence-corrected chi connectivity index (χ0v) is 20.9. The van der Waals surface area contributed by atoms with Crippen LogP contribution >= 0.6 is 11.3 Å². The number of hydrogen-bond donors (Lipinski definition) is 1. The number of hydrogen-bond acceptors (Lipinski definition) is 5. The molecule has 0 aliphatic carbocycles. The number of halogens is 1. The molecule has 0 bridgehead atoms. The summed E-state index contributed by atoms with van der Waals surface area (Å²) < 4.78 is 14.3.